The third-order valence-corrected chi connectivity index (χ3v) is 3.45. The number of carbonyl (C=O) groups excluding carboxylic acids is 1. The molecule has 8 nitrogen and oxygen atoms in total. The molecule has 3 rings (SSSR count). The fourth-order valence-corrected chi connectivity index (χ4v) is 2.29. The third-order valence-electron chi connectivity index (χ3n) is 3.45. The molecule has 8 heteroatoms. The molecule has 124 valence electrons. The molecule has 0 aliphatic heterocycles. The van der Waals surface area contributed by atoms with Crippen LogP contribution in [0.5, 0.6) is 0 Å². The van der Waals surface area contributed by atoms with Crippen LogP contribution < -0.4 is 0 Å². The summed E-state index contributed by atoms with van der Waals surface area (Å²) in [5.41, 5.74) is 2.07. The summed E-state index contributed by atoms with van der Waals surface area (Å²) in [4.78, 5) is 13.5. The Morgan fingerprint density at radius 2 is 2.00 bits per heavy atom. The van der Waals surface area contributed by atoms with Crippen molar-refractivity contribution < 1.29 is 9.53 Å². The van der Waals surface area contributed by atoms with Gasteiger partial charge in [0.05, 0.1) is 18.8 Å². The van der Waals surface area contributed by atoms with Gasteiger partial charge in [0, 0.05) is 25.2 Å². The van der Waals surface area contributed by atoms with Crippen molar-refractivity contribution in [2.24, 2.45) is 7.05 Å². The van der Waals surface area contributed by atoms with Gasteiger partial charge in [0.15, 0.2) is 0 Å². The minimum atomic E-state index is -0.364. The maximum absolute atomic E-state index is 12.0. The third kappa shape index (κ3) is 3.65. The molecular weight excluding hydrogens is 308 g/mol. The van der Waals surface area contributed by atoms with E-state index in [0.29, 0.717) is 30.0 Å². The average Bonchev–Trinajstić information content (AvgIpc) is 3.18. The zero-order valence-corrected chi connectivity index (χ0v) is 13.6. The van der Waals surface area contributed by atoms with E-state index in [4.69, 9.17) is 4.74 Å². The number of aryl methyl sites for hydroxylation is 3. The summed E-state index contributed by atoms with van der Waals surface area (Å²) in [6, 6.07) is 9.65. The van der Waals surface area contributed by atoms with Gasteiger partial charge in [-0.05, 0) is 12.1 Å². The fraction of sp³-hybridized carbons (Fsp3) is 0.312. The van der Waals surface area contributed by atoms with Crippen molar-refractivity contribution in [1.82, 2.24) is 30.0 Å². The number of ether oxygens (including phenoxy) is 1. The van der Waals surface area contributed by atoms with Crippen LogP contribution in [0.1, 0.15) is 22.5 Å². The Balaban J connectivity index is 1.48. The van der Waals surface area contributed by atoms with Gasteiger partial charge in [-0.25, -0.2) is 4.79 Å². The highest BCUT2D eigenvalue weighted by atomic mass is 16.5. The second-order valence-corrected chi connectivity index (χ2v) is 5.37. The first kappa shape index (κ1) is 15.9. The molecule has 0 aliphatic carbocycles. The molecule has 0 atom stereocenters. The molecule has 2 heterocycles. The van der Waals surface area contributed by atoms with E-state index in [1.807, 2.05) is 30.3 Å². The van der Waals surface area contributed by atoms with Crippen molar-refractivity contribution in [3.05, 3.63) is 47.8 Å². The Morgan fingerprint density at radius 3 is 2.71 bits per heavy atom. The van der Waals surface area contributed by atoms with Crippen molar-refractivity contribution >= 4 is 5.97 Å². The van der Waals surface area contributed by atoms with Crippen LogP contribution in [0.25, 0.3) is 11.4 Å². The van der Waals surface area contributed by atoms with Gasteiger partial charge < -0.3 is 4.74 Å². The number of nitrogens with zero attached hydrogens (tertiary/aromatic N) is 6. The predicted octanol–water partition coefficient (Wildman–Crippen LogP) is 1.63. The highest BCUT2D eigenvalue weighted by Crippen LogP contribution is 2.12. The van der Waals surface area contributed by atoms with Gasteiger partial charge in [-0.2, -0.15) is 9.90 Å². The van der Waals surface area contributed by atoms with Crippen LogP contribution in [-0.4, -0.2) is 42.6 Å². The van der Waals surface area contributed by atoms with Crippen LogP contribution in [0.15, 0.2) is 36.5 Å². The molecule has 1 aromatic carbocycles. The lowest BCUT2D eigenvalue weighted by atomic mass is 10.2. The van der Waals surface area contributed by atoms with Gasteiger partial charge in [-0.3, -0.25) is 4.68 Å². The first-order chi connectivity index (χ1) is 11.6. The molecule has 0 bridgehead atoms. The normalized spacial score (nSPS) is 10.8. The maximum atomic E-state index is 12.0. The highest BCUT2D eigenvalue weighted by molar-refractivity contribution is 5.90. The van der Waals surface area contributed by atoms with Crippen LogP contribution in [0, 0.1) is 6.92 Å². The van der Waals surface area contributed by atoms with Gasteiger partial charge in [0.2, 0.25) is 5.82 Å². The Hall–Kier alpha value is -3.03. The summed E-state index contributed by atoms with van der Waals surface area (Å²) in [6.07, 6.45) is 2.26. The SMILES string of the molecule is Cc1nn(C)cc1C(=O)OCCCn1nnc(-c2ccccc2)n1. The summed E-state index contributed by atoms with van der Waals surface area (Å²) in [5, 5.41) is 16.5. The number of hydrogen-bond donors (Lipinski definition) is 0. The minimum Gasteiger partial charge on any atom is -0.462 e. The highest BCUT2D eigenvalue weighted by Gasteiger charge is 2.13. The molecule has 0 spiro atoms. The van der Waals surface area contributed by atoms with Gasteiger partial charge in [0.1, 0.15) is 5.56 Å². The Labute approximate surface area is 139 Å². The molecule has 0 amide bonds. The molecule has 0 N–H and O–H groups in total. The van der Waals surface area contributed by atoms with Gasteiger partial charge in [0.25, 0.3) is 0 Å². The second kappa shape index (κ2) is 7.03. The van der Waals surface area contributed by atoms with E-state index in [0.717, 1.165) is 5.56 Å². The lowest BCUT2D eigenvalue weighted by molar-refractivity contribution is 0.0492. The fourth-order valence-electron chi connectivity index (χ4n) is 2.29. The first-order valence-corrected chi connectivity index (χ1v) is 7.64. The number of hydrogen-bond acceptors (Lipinski definition) is 6. The zero-order valence-electron chi connectivity index (χ0n) is 13.6. The van der Waals surface area contributed by atoms with E-state index < -0.39 is 0 Å². The van der Waals surface area contributed by atoms with Gasteiger partial charge >= 0.3 is 5.97 Å². The number of rotatable bonds is 6. The number of aromatic nitrogens is 6. The van der Waals surface area contributed by atoms with E-state index >= 15 is 0 Å². The first-order valence-electron chi connectivity index (χ1n) is 7.64. The average molecular weight is 326 g/mol. The molecule has 0 radical (unpaired) electrons. The number of esters is 1. The number of carbonyl (C=O) groups is 1. The number of tetrazole rings is 1. The van der Waals surface area contributed by atoms with E-state index in [-0.39, 0.29) is 12.6 Å². The molecule has 2 aromatic heterocycles. The number of benzene rings is 1. The summed E-state index contributed by atoms with van der Waals surface area (Å²) in [6.45, 7) is 2.59. The molecule has 0 unspecified atom stereocenters. The monoisotopic (exact) mass is 326 g/mol. The smallest absolute Gasteiger partial charge is 0.341 e. The van der Waals surface area contributed by atoms with Crippen LogP contribution in [0.4, 0.5) is 0 Å². The Kier molecular flexibility index (Phi) is 4.64. The summed E-state index contributed by atoms with van der Waals surface area (Å²) in [5.74, 6) is 0.218. The van der Waals surface area contributed by atoms with Crippen molar-refractivity contribution in [2.45, 2.75) is 19.9 Å². The maximum Gasteiger partial charge on any atom is 0.341 e. The van der Waals surface area contributed by atoms with Crippen molar-refractivity contribution in [3.63, 3.8) is 0 Å². The largest absolute Gasteiger partial charge is 0.462 e. The lowest BCUT2D eigenvalue weighted by Gasteiger charge is -2.03. The van der Waals surface area contributed by atoms with E-state index in [1.54, 1.807) is 24.9 Å². The van der Waals surface area contributed by atoms with Gasteiger partial charge in [-0.1, -0.05) is 30.3 Å². The van der Waals surface area contributed by atoms with Crippen LogP contribution >= 0.6 is 0 Å². The van der Waals surface area contributed by atoms with E-state index in [9.17, 15) is 4.79 Å². The Morgan fingerprint density at radius 1 is 1.21 bits per heavy atom. The van der Waals surface area contributed by atoms with Crippen LogP contribution in [0.3, 0.4) is 0 Å². The van der Waals surface area contributed by atoms with Gasteiger partial charge in [-0.15, -0.1) is 10.2 Å². The molecule has 24 heavy (non-hydrogen) atoms. The lowest BCUT2D eigenvalue weighted by Crippen LogP contribution is -2.10. The van der Waals surface area contributed by atoms with E-state index in [1.165, 1.54) is 4.80 Å². The van der Waals surface area contributed by atoms with Crippen LogP contribution in [0.2, 0.25) is 0 Å². The molecule has 0 fully saturated rings. The molecule has 0 saturated heterocycles. The summed E-state index contributed by atoms with van der Waals surface area (Å²) < 4.78 is 6.85. The molecular formula is C16H18N6O2. The van der Waals surface area contributed by atoms with E-state index in [2.05, 4.69) is 20.5 Å². The van der Waals surface area contributed by atoms with Crippen LogP contribution in [-0.2, 0) is 18.3 Å². The molecule has 0 aliphatic rings. The molecule has 3 aromatic rings. The predicted molar refractivity (Wildman–Crippen MR) is 86.1 cm³/mol. The summed E-state index contributed by atoms with van der Waals surface area (Å²) >= 11 is 0. The van der Waals surface area contributed by atoms with Crippen molar-refractivity contribution in [3.8, 4) is 11.4 Å². The molecule has 0 saturated carbocycles. The second-order valence-electron chi connectivity index (χ2n) is 5.37. The summed E-state index contributed by atoms with van der Waals surface area (Å²) in [7, 11) is 1.77. The quantitative estimate of drug-likeness (QED) is 0.505. The zero-order chi connectivity index (χ0) is 16.9. The topological polar surface area (TPSA) is 87.7 Å². The minimum absolute atomic E-state index is 0.287. The Bertz CT molecular complexity index is 824. The van der Waals surface area contributed by atoms with Crippen molar-refractivity contribution in [2.75, 3.05) is 6.61 Å². The standard InChI is InChI=1S/C16H18N6O2/c1-12-14(11-21(2)18-12)16(23)24-10-6-9-22-19-15(17-20-22)13-7-4-3-5-8-13/h3-5,7-8,11H,6,9-10H2,1-2H3. The van der Waals surface area contributed by atoms with Crippen molar-refractivity contribution in [1.29, 1.82) is 0 Å².